The molecule has 1 N–H and O–H groups in total. The maximum Gasteiger partial charge on any atom is 0.412 e. The van der Waals surface area contributed by atoms with Crippen molar-refractivity contribution in [1.29, 1.82) is 0 Å². The van der Waals surface area contributed by atoms with Gasteiger partial charge in [-0.1, -0.05) is 6.07 Å². The van der Waals surface area contributed by atoms with Crippen LogP contribution in [0.3, 0.4) is 0 Å². The zero-order valence-corrected chi connectivity index (χ0v) is 17.2. The molecule has 0 spiro atoms. The van der Waals surface area contributed by atoms with Crippen LogP contribution in [0.1, 0.15) is 49.5 Å². The Morgan fingerprint density at radius 3 is 2.64 bits per heavy atom. The summed E-state index contributed by atoms with van der Waals surface area (Å²) in [6.45, 7) is 8.19. The van der Waals surface area contributed by atoms with Crippen LogP contribution >= 0.6 is 0 Å². The summed E-state index contributed by atoms with van der Waals surface area (Å²) in [5.41, 5.74) is 5.25. The normalized spacial score (nSPS) is 15.5. The first kappa shape index (κ1) is 20.1. The molecule has 28 heavy (non-hydrogen) atoms. The fourth-order valence-corrected chi connectivity index (χ4v) is 3.84. The van der Waals surface area contributed by atoms with E-state index in [-0.39, 0.29) is 6.10 Å². The molecule has 3 rings (SSSR count). The van der Waals surface area contributed by atoms with Gasteiger partial charge in [-0.05, 0) is 87.1 Å². The summed E-state index contributed by atoms with van der Waals surface area (Å²) in [6, 6.07) is 12.1. The van der Waals surface area contributed by atoms with Gasteiger partial charge in [0.05, 0.1) is 7.11 Å². The van der Waals surface area contributed by atoms with Crippen molar-refractivity contribution >= 4 is 17.5 Å². The number of hydrogen-bond donors (Lipinski definition) is 1. The summed E-state index contributed by atoms with van der Waals surface area (Å²) >= 11 is 0. The molecule has 2 aromatic rings. The Morgan fingerprint density at radius 2 is 1.96 bits per heavy atom. The van der Waals surface area contributed by atoms with Crippen LogP contribution in [-0.4, -0.2) is 26.3 Å². The van der Waals surface area contributed by atoms with Gasteiger partial charge in [-0.25, -0.2) is 4.79 Å². The molecule has 0 bridgehead atoms. The number of fused-ring (bicyclic) bond motifs is 1. The van der Waals surface area contributed by atoms with Gasteiger partial charge in [0.1, 0.15) is 11.9 Å². The molecule has 0 saturated carbocycles. The van der Waals surface area contributed by atoms with Crippen LogP contribution < -0.4 is 15.0 Å². The third-order valence-corrected chi connectivity index (χ3v) is 5.43. The Hall–Kier alpha value is -2.69. The Balaban J connectivity index is 1.68. The first-order valence-corrected chi connectivity index (χ1v) is 10.1. The minimum absolute atomic E-state index is 0.218. The van der Waals surface area contributed by atoms with Crippen LogP contribution in [0.25, 0.3) is 0 Å². The van der Waals surface area contributed by atoms with Crippen LogP contribution in [0.4, 0.5) is 16.2 Å². The molecule has 5 heteroatoms. The molecule has 0 heterocycles. The molecule has 0 saturated heterocycles. The maximum atomic E-state index is 12.5. The van der Waals surface area contributed by atoms with Gasteiger partial charge < -0.3 is 14.4 Å². The highest BCUT2D eigenvalue weighted by Crippen LogP contribution is 2.35. The molecule has 0 aliphatic heterocycles. The van der Waals surface area contributed by atoms with Crippen molar-refractivity contribution in [2.45, 2.75) is 46.1 Å². The highest BCUT2D eigenvalue weighted by atomic mass is 16.6. The molecular formula is C23H30N2O3. The van der Waals surface area contributed by atoms with E-state index in [0.717, 1.165) is 60.6 Å². The van der Waals surface area contributed by atoms with Crippen molar-refractivity contribution in [3.05, 3.63) is 53.1 Å². The number of carbonyl (C=O) groups is 1. The fraction of sp³-hybridized carbons (Fsp3) is 0.435. The summed E-state index contributed by atoms with van der Waals surface area (Å²) in [4.78, 5) is 14.8. The molecule has 1 aliphatic carbocycles. The zero-order valence-electron chi connectivity index (χ0n) is 17.2. The van der Waals surface area contributed by atoms with E-state index in [1.807, 2.05) is 37.3 Å². The van der Waals surface area contributed by atoms with Gasteiger partial charge in [-0.3, -0.25) is 5.32 Å². The Kier molecular flexibility index (Phi) is 6.45. The first-order chi connectivity index (χ1) is 13.5. The number of benzene rings is 2. The van der Waals surface area contributed by atoms with Gasteiger partial charge in [0.15, 0.2) is 0 Å². The standard InChI is InChI=1S/C23H30N2O3/c1-5-25(6-2)18-10-13-21(16(3)14-18)24-23(26)28-22-9-7-8-17-15-19(27-4)11-12-20(17)22/h10-15,22H,5-9H2,1-4H3,(H,24,26). The number of nitrogens with zero attached hydrogens (tertiary/aromatic N) is 1. The lowest BCUT2D eigenvalue weighted by Gasteiger charge is -2.26. The number of amides is 1. The molecule has 1 atom stereocenters. The van der Waals surface area contributed by atoms with Gasteiger partial charge in [0, 0.05) is 24.5 Å². The quantitative estimate of drug-likeness (QED) is 0.719. The van der Waals surface area contributed by atoms with E-state index in [1.165, 1.54) is 5.56 Å². The summed E-state index contributed by atoms with van der Waals surface area (Å²) in [5, 5.41) is 2.91. The van der Waals surface area contributed by atoms with Gasteiger partial charge in [-0.2, -0.15) is 0 Å². The molecule has 5 nitrogen and oxygen atoms in total. The SMILES string of the molecule is CCN(CC)c1ccc(NC(=O)OC2CCCc3cc(OC)ccc32)c(C)c1. The number of methoxy groups -OCH3 is 1. The second kappa shape index (κ2) is 9.00. The zero-order chi connectivity index (χ0) is 20.1. The van der Waals surface area contributed by atoms with Crippen LogP contribution in [-0.2, 0) is 11.2 Å². The Labute approximate surface area is 167 Å². The van der Waals surface area contributed by atoms with Crippen LogP contribution in [0.2, 0.25) is 0 Å². The molecule has 1 aliphatic rings. The van der Waals surface area contributed by atoms with E-state index >= 15 is 0 Å². The second-order valence-electron chi connectivity index (χ2n) is 7.15. The number of hydrogen-bond acceptors (Lipinski definition) is 4. The number of ether oxygens (including phenoxy) is 2. The van der Waals surface area contributed by atoms with Gasteiger partial charge in [0.2, 0.25) is 0 Å². The summed E-state index contributed by atoms with van der Waals surface area (Å²) in [7, 11) is 1.67. The summed E-state index contributed by atoms with van der Waals surface area (Å²) < 4.78 is 11.1. The highest BCUT2D eigenvalue weighted by molar-refractivity contribution is 5.86. The molecule has 0 radical (unpaired) electrons. The number of anilines is 2. The van der Waals surface area contributed by atoms with Crippen molar-refractivity contribution < 1.29 is 14.3 Å². The van der Waals surface area contributed by atoms with E-state index < -0.39 is 6.09 Å². The van der Waals surface area contributed by atoms with E-state index in [1.54, 1.807) is 7.11 Å². The third kappa shape index (κ3) is 4.41. The smallest absolute Gasteiger partial charge is 0.412 e. The molecule has 1 amide bonds. The first-order valence-electron chi connectivity index (χ1n) is 10.1. The number of aryl methyl sites for hydroxylation is 2. The van der Waals surface area contributed by atoms with Gasteiger partial charge in [-0.15, -0.1) is 0 Å². The van der Waals surface area contributed by atoms with Gasteiger partial charge >= 0.3 is 6.09 Å². The summed E-state index contributed by atoms with van der Waals surface area (Å²) in [5.74, 6) is 0.841. The third-order valence-electron chi connectivity index (χ3n) is 5.43. The Morgan fingerprint density at radius 1 is 1.18 bits per heavy atom. The molecule has 0 fully saturated rings. The van der Waals surface area contributed by atoms with Crippen molar-refractivity contribution in [2.75, 3.05) is 30.4 Å². The predicted octanol–water partition coefficient (Wildman–Crippen LogP) is 5.48. The average Bonchev–Trinajstić information content (AvgIpc) is 2.70. The average molecular weight is 383 g/mol. The van der Waals surface area contributed by atoms with Crippen molar-refractivity contribution in [1.82, 2.24) is 0 Å². The lowest BCUT2D eigenvalue weighted by molar-refractivity contribution is 0.0999. The van der Waals surface area contributed by atoms with E-state index in [9.17, 15) is 4.79 Å². The minimum Gasteiger partial charge on any atom is -0.497 e. The number of nitrogens with one attached hydrogen (secondary N) is 1. The van der Waals surface area contributed by atoms with Gasteiger partial charge in [0.25, 0.3) is 0 Å². The van der Waals surface area contributed by atoms with Crippen molar-refractivity contribution in [3.8, 4) is 5.75 Å². The fourth-order valence-electron chi connectivity index (χ4n) is 3.84. The molecule has 2 aromatic carbocycles. The molecule has 0 aromatic heterocycles. The van der Waals surface area contributed by atoms with E-state index in [4.69, 9.17) is 9.47 Å². The lowest BCUT2D eigenvalue weighted by atomic mass is 9.89. The van der Waals surface area contributed by atoms with Crippen LogP contribution in [0, 0.1) is 6.92 Å². The molecular weight excluding hydrogens is 352 g/mol. The number of carbonyl (C=O) groups excluding carboxylic acids is 1. The maximum absolute atomic E-state index is 12.5. The molecule has 150 valence electrons. The highest BCUT2D eigenvalue weighted by Gasteiger charge is 2.24. The van der Waals surface area contributed by atoms with Crippen LogP contribution in [0.5, 0.6) is 5.75 Å². The lowest BCUT2D eigenvalue weighted by Crippen LogP contribution is -2.22. The van der Waals surface area contributed by atoms with Crippen molar-refractivity contribution in [2.24, 2.45) is 0 Å². The largest absolute Gasteiger partial charge is 0.497 e. The van der Waals surface area contributed by atoms with Crippen molar-refractivity contribution in [3.63, 3.8) is 0 Å². The Bertz CT molecular complexity index is 831. The topological polar surface area (TPSA) is 50.8 Å². The monoisotopic (exact) mass is 382 g/mol. The second-order valence-corrected chi connectivity index (χ2v) is 7.15. The minimum atomic E-state index is -0.410. The molecule has 1 unspecified atom stereocenters. The predicted molar refractivity (Wildman–Crippen MR) is 114 cm³/mol. The van der Waals surface area contributed by atoms with E-state index in [0.29, 0.717) is 0 Å². The van der Waals surface area contributed by atoms with E-state index in [2.05, 4.69) is 30.1 Å². The number of rotatable bonds is 6. The summed E-state index contributed by atoms with van der Waals surface area (Å²) in [6.07, 6.45) is 2.19. The van der Waals surface area contributed by atoms with Crippen LogP contribution in [0.15, 0.2) is 36.4 Å².